The first-order chi connectivity index (χ1) is 17.0. The Labute approximate surface area is 214 Å². The number of benzene rings is 1. The molecule has 6 atom stereocenters. The van der Waals surface area contributed by atoms with E-state index in [4.69, 9.17) is 47.2 Å². The predicted molar refractivity (Wildman–Crippen MR) is 130 cm³/mol. The van der Waals surface area contributed by atoms with Gasteiger partial charge >= 0.3 is 7.82 Å². The molecule has 3 aromatic rings. The summed E-state index contributed by atoms with van der Waals surface area (Å²) in [5.74, 6) is -0.120. The van der Waals surface area contributed by atoms with Crippen LogP contribution in [0.25, 0.3) is 11.0 Å². The highest BCUT2D eigenvalue weighted by Gasteiger charge is 2.54. The number of phosphoric ester groups is 1. The van der Waals surface area contributed by atoms with Gasteiger partial charge in [0.15, 0.2) is 11.9 Å². The van der Waals surface area contributed by atoms with E-state index >= 15 is 0 Å². The van der Waals surface area contributed by atoms with Crippen LogP contribution in [0.3, 0.4) is 0 Å². The third kappa shape index (κ3) is 4.69. The number of nitrogens with two attached hydrogens (primary N) is 1. The molecule has 4 heterocycles. The Morgan fingerprint density at radius 1 is 1.36 bits per heavy atom. The van der Waals surface area contributed by atoms with Gasteiger partial charge in [-0.15, -0.1) is 0 Å². The molecule has 0 bridgehead atoms. The van der Waals surface area contributed by atoms with Crippen molar-refractivity contribution >= 4 is 48.0 Å². The monoisotopic (exact) mass is 560 g/mol. The number of aromatic nitrogens is 3. The van der Waals surface area contributed by atoms with Crippen molar-refractivity contribution in [1.29, 1.82) is 0 Å². The molecule has 5 N–H and O–H groups in total. The lowest BCUT2D eigenvalue weighted by Crippen LogP contribution is -2.44. The van der Waals surface area contributed by atoms with Crippen LogP contribution in [0.2, 0.25) is 10.0 Å². The summed E-state index contributed by atoms with van der Waals surface area (Å²) in [6.45, 7) is 1.01. The second kappa shape index (κ2) is 9.39. The van der Waals surface area contributed by atoms with Gasteiger partial charge in [0.25, 0.3) is 5.56 Å². The smallest absolute Gasteiger partial charge is 0.387 e. The number of hydrogen-bond acceptors (Lipinski definition) is 10. The number of nitrogens with one attached hydrogen (secondary N) is 1. The highest BCUT2D eigenvalue weighted by molar-refractivity contribution is 7.48. The Balaban J connectivity index is 1.33. The van der Waals surface area contributed by atoms with Crippen LogP contribution >= 0.6 is 31.0 Å². The molecule has 2 aromatic heterocycles. The molecule has 0 radical (unpaired) electrons. The number of rotatable bonds is 5. The van der Waals surface area contributed by atoms with Gasteiger partial charge in [-0.25, -0.2) is 4.57 Å². The van der Waals surface area contributed by atoms with Crippen LogP contribution in [-0.4, -0.2) is 55.8 Å². The maximum atomic E-state index is 13.2. The van der Waals surface area contributed by atoms with E-state index in [2.05, 4.69) is 9.97 Å². The van der Waals surface area contributed by atoms with Gasteiger partial charge in [0.05, 0.1) is 24.7 Å². The first kappa shape index (κ1) is 25.7. The van der Waals surface area contributed by atoms with Gasteiger partial charge in [-0.05, 0) is 36.8 Å². The molecule has 0 saturated carbocycles. The largest absolute Gasteiger partial charge is 0.475 e. The number of hydrogen-bond donors (Lipinski definition) is 4. The molecule has 194 valence electrons. The van der Waals surface area contributed by atoms with Gasteiger partial charge in [0.2, 0.25) is 5.95 Å². The molecule has 1 aromatic carbocycles. The minimum absolute atomic E-state index is 0.0808. The summed E-state index contributed by atoms with van der Waals surface area (Å²) in [5.41, 5.74) is 4.14. The lowest BCUT2D eigenvalue weighted by Gasteiger charge is -2.30. The number of halogens is 2. The Morgan fingerprint density at radius 3 is 2.81 bits per heavy atom. The van der Waals surface area contributed by atoms with Crippen LogP contribution in [0.15, 0.2) is 35.3 Å². The van der Waals surface area contributed by atoms with Gasteiger partial charge in [0.1, 0.15) is 17.8 Å². The van der Waals surface area contributed by atoms with Gasteiger partial charge in [-0.3, -0.25) is 23.3 Å². The zero-order valence-electron chi connectivity index (χ0n) is 18.8. The second-order valence-electron chi connectivity index (χ2n) is 8.77. The molecule has 2 fully saturated rings. The summed E-state index contributed by atoms with van der Waals surface area (Å²) in [6.07, 6.45) is -2.52. The maximum absolute atomic E-state index is 13.2. The molecule has 2 aliphatic rings. The quantitative estimate of drug-likeness (QED) is 0.340. The normalized spacial score (nSPS) is 32.8. The molecule has 0 aliphatic carbocycles. The van der Waals surface area contributed by atoms with Crippen molar-refractivity contribution in [2.24, 2.45) is 0 Å². The molecule has 15 heteroatoms. The summed E-state index contributed by atoms with van der Waals surface area (Å²) in [6, 6.07) is 6.34. The zero-order valence-corrected chi connectivity index (χ0v) is 21.2. The van der Waals surface area contributed by atoms with E-state index in [9.17, 15) is 19.6 Å². The van der Waals surface area contributed by atoms with Crippen LogP contribution in [0.5, 0.6) is 0 Å². The molecular weight excluding hydrogens is 538 g/mol. The average Bonchev–Trinajstić information content (AvgIpc) is 3.30. The van der Waals surface area contributed by atoms with E-state index in [1.54, 1.807) is 18.2 Å². The molecule has 0 unspecified atom stereocenters. The van der Waals surface area contributed by atoms with Gasteiger partial charge < -0.3 is 25.3 Å². The number of nitrogen functional groups attached to an aromatic ring is 1. The predicted octanol–water partition coefficient (Wildman–Crippen LogP) is 2.93. The molecule has 2 saturated heterocycles. The summed E-state index contributed by atoms with van der Waals surface area (Å²) in [4.78, 5) is 18.7. The number of anilines is 1. The van der Waals surface area contributed by atoms with Crippen LogP contribution in [0.1, 0.15) is 31.2 Å². The van der Waals surface area contributed by atoms with Crippen molar-refractivity contribution in [2.45, 2.75) is 43.5 Å². The Hall–Kier alpha value is -1.99. The van der Waals surface area contributed by atoms with Gasteiger partial charge in [-0.1, -0.05) is 23.2 Å². The van der Waals surface area contributed by atoms with E-state index in [0.29, 0.717) is 22.0 Å². The lowest BCUT2D eigenvalue weighted by atomic mass is 9.96. The minimum Gasteiger partial charge on any atom is -0.387 e. The van der Waals surface area contributed by atoms with Gasteiger partial charge in [-0.2, -0.15) is 4.98 Å². The zero-order chi connectivity index (χ0) is 25.8. The lowest BCUT2D eigenvalue weighted by molar-refractivity contribution is -0.0950. The molecule has 36 heavy (non-hydrogen) atoms. The fourth-order valence-corrected chi connectivity index (χ4v) is 6.29. The Morgan fingerprint density at radius 2 is 2.08 bits per heavy atom. The van der Waals surface area contributed by atoms with E-state index in [1.807, 2.05) is 0 Å². The number of nitrogens with zero attached hydrogens (tertiary/aromatic N) is 2. The first-order valence-corrected chi connectivity index (χ1v) is 13.1. The molecule has 2 aliphatic heterocycles. The van der Waals surface area contributed by atoms with Crippen molar-refractivity contribution in [3.8, 4) is 0 Å². The summed E-state index contributed by atoms with van der Waals surface area (Å²) < 4.78 is 36.8. The van der Waals surface area contributed by atoms with Crippen molar-refractivity contribution in [3.63, 3.8) is 0 Å². The maximum Gasteiger partial charge on any atom is 0.475 e. The fourth-order valence-electron chi connectivity index (χ4n) is 4.36. The molecular formula is C21H23Cl2N4O8P. The Bertz CT molecular complexity index is 1390. The Kier molecular flexibility index (Phi) is 6.69. The number of fused-ring (bicyclic) bond motifs is 1. The van der Waals surface area contributed by atoms with Crippen LogP contribution in [0, 0.1) is 0 Å². The molecule has 0 spiro atoms. The number of ether oxygens (including phenoxy) is 1. The minimum atomic E-state index is -4.06. The first-order valence-electron chi connectivity index (χ1n) is 10.9. The van der Waals surface area contributed by atoms with Crippen molar-refractivity contribution < 1.29 is 33.1 Å². The standard InChI is InChI=1S/C21H23Cl2N4O8P/c1-21(30)16(28)15(34-19(21)27-4-2-13-17(27)25-20(24)26-18(13)29)9-33-36(31)32-5-3-14(35-36)10-6-11(22)8-12(23)7-10/h2,4,6-8,14-16,19,28,30H,3,5,9H2,1H3,(H3,24,25,26,29)/t14-,15+,16+,19+,21+,36+/m0/s1. The summed E-state index contributed by atoms with van der Waals surface area (Å²) in [7, 11) is -4.06. The van der Waals surface area contributed by atoms with Crippen LogP contribution < -0.4 is 11.3 Å². The third-order valence-corrected chi connectivity index (χ3v) is 8.06. The van der Waals surface area contributed by atoms with Crippen LogP contribution in [-0.2, 0) is 22.9 Å². The topological polar surface area (TPSA) is 171 Å². The number of aromatic amines is 1. The van der Waals surface area contributed by atoms with Crippen molar-refractivity contribution in [3.05, 3.63) is 56.4 Å². The molecule has 5 rings (SSSR count). The second-order valence-corrected chi connectivity index (χ2v) is 11.3. The number of phosphoric acid groups is 1. The number of aliphatic hydroxyl groups excluding tert-OH is 1. The molecule has 12 nitrogen and oxygen atoms in total. The van der Waals surface area contributed by atoms with E-state index in [0.717, 1.165) is 0 Å². The average molecular weight is 561 g/mol. The van der Waals surface area contributed by atoms with E-state index < -0.39 is 50.1 Å². The van der Waals surface area contributed by atoms with E-state index in [-0.39, 0.29) is 23.6 Å². The SMILES string of the molecule is C[C@@]1(O)[C@H](O)[C@@H](CO[P@@]2(=O)OCC[C@@H](c3cc(Cl)cc(Cl)c3)O2)O[C@H]1n1ccc2c(=O)[nH]c(N)nc21. The van der Waals surface area contributed by atoms with Gasteiger partial charge in [0, 0.05) is 22.7 Å². The number of aliphatic hydroxyl groups is 2. The summed E-state index contributed by atoms with van der Waals surface area (Å²) >= 11 is 12.1. The third-order valence-electron chi connectivity index (χ3n) is 6.15. The summed E-state index contributed by atoms with van der Waals surface area (Å²) in [5, 5.41) is 22.9. The molecule has 0 amide bonds. The van der Waals surface area contributed by atoms with Crippen molar-refractivity contribution in [1.82, 2.24) is 14.5 Å². The highest BCUT2D eigenvalue weighted by Crippen LogP contribution is 2.57. The van der Waals surface area contributed by atoms with E-state index in [1.165, 1.54) is 23.8 Å². The fraction of sp³-hybridized carbons (Fsp3) is 0.429. The number of H-pyrrole nitrogens is 1. The highest BCUT2D eigenvalue weighted by atomic mass is 35.5. The van der Waals surface area contributed by atoms with Crippen LogP contribution in [0.4, 0.5) is 5.95 Å². The van der Waals surface area contributed by atoms with Crippen molar-refractivity contribution in [2.75, 3.05) is 18.9 Å².